The summed E-state index contributed by atoms with van der Waals surface area (Å²) in [6.45, 7) is 2.55. The molecule has 2 aliphatic rings. The molecule has 1 saturated heterocycles. The number of nitrogens with one attached hydrogen (secondary N) is 1. The second kappa shape index (κ2) is 4.07. The number of anilines is 1. The fourth-order valence-electron chi connectivity index (χ4n) is 2.34. The van der Waals surface area contributed by atoms with E-state index < -0.39 is 0 Å². The Labute approximate surface area is 98.6 Å². The summed E-state index contributed by atoms with van der Waals surface area (Å²) in [6, 6.07) is 0.420. The van der Waals surface area contributed by atoms with E-state index in [1.54, 1.807) is 11.3 Å². The Bertz CT molecular complexity index is 398. The number of carbonyl (C=O) groups is 1. The first-order valence-corrected chi connectivity index (χ1v) is 6.55. The third kappa shape index (κ3) is 1.70. The van der Waals surface area contributed by atoms with Crippen molar-refractivity contribution in [2.24, 2.45) is 0 Å². The molecule has 1 N–H and O–H groups in total. The summed E-state index contributed by atoms with van der Waals surface area (Å²) >= 11 is 1.65. The van der Waals surface area contributed by atoms with E-state index in [9.17, 15) is 4.79 Å². The zero-order valence-electron chi connectivity index (χ0n) is 8.98. The van der Waals surface area contributed by atoms with Crippen LogP contribution >= 0.6 is 11.3 Å². The smallest absolute Gasteiger partial charge is 0.317 e. The van der Waals surface area contributed by atoms with Crippen molar-refractivity contribution in [2.75, 3.05) is 18.4 Å². The van der Waals surface area contributed by atoms with Crippen LogP contribution in [-0.2, 0) is 6.54 Å². The van der Waals surface area contributed by atoms with Crippen LogP contribution in [0.25, 0.3) is 0 Å². The summed E-state index contributed by atoms with van der Waals surface area (Å²) in [5.74, 6) is 0. The highest BCUT2D eigenvalue weighted by molar-refractivity contribution is 7.08. The lowest BCUT2D eigenvalue weighted by Crippen LogP contribution is -2.48. The first-order valence-electron chi connectivity index (χ1n) is 5.60. The Balaban J connectivity index is 1.79. The minimum atomic E-state index is 0.0535. The molecule has 1 aromatic rings. The summed E-state index contributed by atoms with van der Waals surface area (Å²) in [6.07, 6.45) is 2.01. The second-order valence-electron chi connectivity index (χ2n) is 4.27. The summed E-state index contributed by atoms with van der Waals surface area (Å²) in [5, 5.41) is 11.4. The molecule has 3 heterocycles. The van der Waals surface area contributed by atoms with Gasteiger partial charge in [-0.25, -0.2) is 10.1 Å². The maximum Gasteiger partial charge on any atom is 0.322 e. The molecule has 0 bridgehead atoms. The van der Waals surface area contributed by atoms with Crippen LogP contribution in [0.1, 0.15) is 18.4 Å². The minimum absolute atomic E-state index is 0.0535. The Morgan fingerprint density at radius 2 is 2.19 bits per heavy atom. The van der Waals surface area contributed by atoms with Crippen molar-refractivity contribution in [3.05, 3.63) is 16.3 Å². The molecule has 2 amide bonds. The third-order valence-corrected chi connectivity index (χ3v) is 4.06. The molecule has 0 aliphatic carbocycles. The molecular formula is C11H14N3OS. The average Bonchev–Trinajstić information content (AvgIpc) is 2.76. The quantitative estimate of drug-likeness (QED) is 0.795. The maximum absolute atomic E-state index is 11.9. The molecule has 0 aromatic carbocycles. The van der Waals surface area contributed by atoms with Crippen LogP contribution in [0.3, 0.4) is 0 Å². The van der Waals surface area contributed by atoms with Gasteiger partial charge in [-0.1, -0.05) is 0 Å². The van der Waals surface area contributed by atoms with E-state index in [-0.39, 0.29) is 6.03 Å². The van der Waals surface area contributed by atoms with Crippen LogP contribution in [0.2, 0.25) is 0 Å². The summed E-state index contributed by atoms with van der Waals surface area (Å²) in [7, 11) is 0. The molecular weight excluding hydrogens is 222 g/mol. The molecule has 5 heteroatoms. The maximum atomic E-state index is 11.9. The van der Waals surface area contributed by atoms with Crippen LogP contribution in [0.5, 0.6) is 0 Å². The molecule has 16 heavy (non-hydrogen) atoms. The van der Waals surface area contributed by atoms with Crippen molar-refractivity contribution < 1.29 is 4.79 Å². The number of hydrogen-bond acceptors (Lipinski definition) is 2. The number of fused-ring (bicyclic) bond motifs is 1. The molecule has 0 unspecified atom stereocenters. The van der Waals surface area contributed by atoms with Gasteiger partial charge in [0, 0.05) is 30.1 Å². The van der Waals surface area contributed by atoms with Gasteiger partial charge in [-0.3, -0.25) is 0 Å². The first kappa shape index (κ1) is 10.1. The molecule has 1 fully saturated rings. The van der Waals surface area contributed by atoms with Crippen LogP contribution in [0.4, 0.5) is 10.5 Å². The zero-order chi connectivity index (χ0) is 11.0. The predicted octanol–water partition coefficient (Wildman–Crippen LogP) is 1.86. The molecule has 0 spiro atoms. The van der Waals surface area contributed by atoms with Crippen molar-refractivity contribution in [2.45, 2.75) is 25.4 Å². The van der Waals surface area contributed by atoms with Crippen LogP contribution < -0.4 is 10.6 Å². The fraction of sp³-hybridized carbons (Fsp3) is 0.545. The number of carbonyl (C=O) groups excluding carboxylic acids is 1. The van der Waals surface area contributed by atoms with Crippen molar-refractivity contribution >= 4 is 23.1 Å². The Morgan fingerprint density at radius 1 is 1.38 bits per heavy atom. The molecule has 1 aromatic heterocycles. The molecule has 1 radical (unpaired) electrons. The second-order valence-corrected chi connectivity index (χ2v) is 5.01. The molecule has 85 valence electrons. The monoisotopic (exact) mass is 236 g/mol. The highest BCUT2D eigenvalue weighted by Crippen LogP contribution is 2.29. The Kier molecular flexibility index (Phi) is 2.57. The normalized spacial score (nSPS) is 21.8. The summed E-state index contributed by atoms with van der Waals surface area (Å²) in [4.78, 5) is 13.9. The van der Waals surface area contributed by atoms with Gasteiger partial charge in [0.2, 0.25) is 0 Å². The lowest BCUT2D eigenvalue weighted by molar-refractivity contribution is 0.163. The van der Waals surface area contributed by atoms with Crippen LogP contribution in [0, 0.1) is 0 Å². The number of rotatable bonds is 1. The van der Waals surface area contributed by atoms with Gasteiger partial charge in [-0.2, -0.15) is 0 Å². The van der Waals surface area contributed by atoms with Gasteiger partial charge in [-0.05, 0) is 18.2 Å². The number of urea groups is 1. The van der Waals surface area contributed by atoms with E-state index in [0.29, 0.717) is 6.04 Å². The number of thiophene rings is 1. The Hall–Kier alpha value is -1.07. The first-order chi connectivity index (χ1) is 7.84. The SMILES string of the molecule is O=C1Nc2cscc2CN1C1CC[N]CC1. The van der Waals surface area contributed by atoms with Gasteiger partial charge >= 0.3 is 6.03 Å². The van der Waals surface area contributed by atoms with Crippen molar-refractivity contribution in [3.8, 4) is 0 Å². The van der Waals surface area contributed by atoms with Gasteiger partial charge in [0.15, 0.2) is 0 Å². The number of piperidine rings is 1. The molecule has 2 aliphatic heterocycles. The summed E-state index contributed by atoms with van der Waals surface area (Å²) < 4.78 is 0. The van der Waals surface area contributed by atoms with Gasteiger partial charge < -0.3 is 10.2 Å². The van der Waals surface area contributed by atoms with E-state index in [1.807, 2.05) is 10.3 Å². The average molecular weight is 236 g/mol. The van der Waals surface area contributed by atoms with Gasteiger partial charge in [0.1, 0.15) is 0 Å². The lowest BCUT2D eigenvalue weighted by Gasteiger charge is -2.36. The summed E-state index contributed by atoms with van der Waals surface area (Å²) in [5.41, 5.74) is 2.24. The number of nitrogens with zero attached hydrogens (tertiary/aromatic N) is 2. The molecule has 0 saturated carbocycles. The highest BCUT2D eigenvalue weighted by atomic mass is 32.1. The minimum Gasteiger partial charge on any atom is -0.317 e. The lowest BCUT2D eigenvalue weighted by atomic mass is 10.0. The van der Waals surface area contributed by atoms with Gasteiger partial charge in [-0.15, -0.1) is 11.3 Å². The van der Waals surface area contributed by atoms with Gasteiger partial charge in [0.05, 0.1) is 12.2 Å². The van der Waals surface area contributed by atoms with Crippen molar-refractivity contribution in [1.29, 1.82) is 0 Å². The third-order valence-electron chi connectivity index (χ3n) is 3.27. The van der Waals surface area contributed by atoms with E-state index in [2.05, 4.69) is 16.0 Å². The fourth-order valence-corrected chi connectivity index (χ4v) is 3.12. The zero-order valence-corrected chi connectivity index (χ0v) is 9.80. The Morgan fingerprint density at radius 3 is 3.00 bits per heavy atom. The van der Waals surface area contributed by atoms with Crippen molar-refractivity contribution in [1.82, 2.24) is 10.2 Å². The predicted molar refractivity (Wildman–Crippen MR) is 63.8 cm³/mol. The highest BCUT2D eigenvalue weighted by Gasteiger charge is 2.30. The molecule has 3 rings (SSSR count). The van der Waals surface area contributed by atoms with Crippen LogP contribution in [0.15, 0.2) is 10.8 Å². The number of amides is 2. The van der Waals surface area contributed by atoms with Crippen molar-refractivity contribution in [3.63, 3.8) is 0 Å². The molecule has 0 atom stereocenters. The molecule has 4 nitrogen and oxygen atoms in total. The van der Waals surface area contributed by atoms with E-state index in [0.717, 1.165) is 38.2 Å². The van der Waals surface area contributed by atoms with E-state index in [4.69, 9.17) is 0 Å². The van der Waals surface area contributed by atoms with Crippen LogP contribution in [-0.4, -0.2) is 30.1 Å². The van der Waals surface area contributed by atoms with Gasteiger partial charge in [0.25, 0.3) is 0 Å². The largest absolute Gasteiger partial charge is 0.322 e. The topological polar surface area (TPSA) is 46.4 Å². The number of hydrogen-bond donors (Lipinski definition) is 1. The standard InChI is InChI=1S/C11H14N3OS/c15-11-13-10-7-16-6-8(10)5-14(11)9-1-3-12-4-2-9/h6-7,9H,1-5H2,(H,13,15). The van der Waals surface area contributed by atoms with E-state index in [1.165, 1.54) is 5.56 Å². The van der Waals surface area contributed by atoms with E-state index >= 15 is 0 Å².